The van der Waals surface area contributed by atoms with Crippen LogP contribution in [0.15, 0.2) is 36.4 Å². The summed E-state index contributed by atoms with van der Waals surface area (Å²) in [5, 5.41) is 4.03. The van der Waals surface area contributed by atoms with Crippen LogP contribution in [-0.4, -0.2) is 48.6 Å². The SMILES string of the molecule is FC(F)(F)c1cc(CNCC(c2c(Cl)cccc2Cl)N2CCC(N3CCCCC3)CC2)cc(C(F)(F)F)c1. The van der Waals surface area contributed by atoms with Crippen molar-refractivity contribution >= 4 is 23.2 Å². The van der Waals surface area contributed by atoms with Crippen LogP contribution < -0.4 is 5.32 Å². The molecule has 3 nitrogen and oxygen atoms in total. The van der Waals surface area contributed by atoms with E-state index in [9.17, 15) is 26.3 Å². The number of piperidine rings is 2. The van der Waals surface area contributed by atoms with Crippen LogP contribution in [0.5, 0.6) is 0 Å². The monoisotopic (exact) mass is 581 g/mol. The lowest BCUT2D eigenvalue weighted by Crippen LogP contribution is -2.48. The lowest BCUT2D eigenvalue weighted by Gasteiger charge is -2.43. The summed E-state index contributed by atoms with van der Waals surface area (Å²) in [5.74, 6) is 0. The third-order valence-corrected chi connectivity index (χ3v) is 8.15. The predicted molar refractivity (Wildman–Crippen MR) is 137 cm³/mol. The average molecular weight is 582 g/mol. The minimum Gasteiger partial charge on any atom is -0.311 e. The highest BCUT2D eigenvalue weighted by atomic mass is 35.5. The first-order chi connectivity index (χ1) is 17.9. The van der Waals surface area contributed by atoms with E-state index < -0.39 is 23.5 Å². The number of rotatable bonds is 7. The summed E-state index contributed by atoms with van der Waals surface area (Å²) in [6.45, 7) is 3.89. The Hall–Kier alpha value is -1.52. The van der Waals surface area contributed by atoms with E-state index >= 15 is 0 Å². The maximum Gasteiger partial charge on any atom is 0.416 e. The average Bonchev–Trinajstić information content (AvgIpc) is 2.87. The van der Waals surface area contributed by atoms with Crippen molar-refractivity contribution in [2.75, 3.05) is 32.7 Å². The van der Waals surface area contributed by atoms with Gasteiger partial charge in [-0.05, 0) is 74.7 Å². The van der Waals surface area contributed by atoms with Gasteiger partial charge in [0.15, 0.2) is 0 Å². The maximum atomic E-state index is 13.3. The van der Waals surface area contributed by atoms with Crippen LogP contribution in [0.3, 0.4) is 0 Å². The number of alkyl halides is 6. The van der Waals surface area contributed by atoms with Crippen LogP contribution in [0, 0.1) is 0 Å². The van der Waals surface area contributed by atoms with Crippen LogP contribution in [-0.2, 0) is 18.9 Å². The van der Waals surface area contributed by atoms with Gasteiger partial charge in [-0.1, -0.05) is 35.7 Å². The molecule has 11 heteroatoms. The van der Waals surface area contributed by atoms with Gasteiger partial charge < -0.3 is 10.2 Å². The second kappa shape index (κ2) is 12.3. The zero-order valence-corrected chi connectivity index (χ0v) is 22.3. The van der Waals surface area contributed by atoms with Gasteiger partial charge >= 0.3 is 12.4 Å². The van der Waals surface area contributed by atoms with Crippen molar-refractivity contribution in [3.05, 3.63) is 68.7 Å². The number of likely N-dealkylation sites (tertiary alicyclic amines) is 2. The lowest BCUT2D eigenvalue weighted by molar-refractivity contribution is -0.143. The minimum atomic E-state index is -4.89. The fourth-order valence-electron chi connectivity index (χ4n) is 5.56. The summed E-state index contributed by atoms with van der Waals surface area (Å²) in [6.07, 6.45) is -4.13. The van der Waals surface area contributed by atoms with E-state index in [1.165, 1.54) is 19.3 Å². The maximum absolute atomic E-state index is 13.3. The highest BCUT2D eigenvalue weighted by Crippen LogP contribution is 2.38. The summed E-state index contributed by atoms with van der Waals surface area (Å²) < 4.78 is 79.7. The molecule has 0 spiro atoms. The molecule has 1 atom stereocenters. The molecule has 2 aromatic carbocycles. The Bertz CT molecular complexity index is 1020. The van der Waals surface area contributed by atoms with Gasteiger partial charge in [-0.25, -0.2) is 0 Å². The van der Waals surface area contributed by atoms with Gasteiger partial charge in [0.05, 0.1) is 17.2 Å². The molecule has 2 heterocycles. The normalized spacial score (nSPS) is 19.6. The molecular formula is C27H31Cl2F6N3. The first-order valence-corrected chi connectivity index (χ1v) is 13.6. The quantitative estimate of drug-likeness (QED) is 0.336. The number of hydrogen-bond donors (Lipinski definition) is 1. The first-order valence-electron chi connectivity index (χ1n) is 12.8. The summed E-state index contributed by atoms with van der Waals surface area (Å²) in [4.78, 5) is 4.82. The summed E-state index contributed by atoms with van der Waals surface area (Å²) in [5.41, 5.74) is -2.04. The van der Waals surface area contributed by atoms with Crippen molar-refractivity contribution in [1.82, 2.24) is 15.1 Å². The Morgan fingerprint density at radius 3 is 1.89 bits per heavy atom. The summed E-state index contributed by atoms with van der Waals surface area (Å²) >= 11 is 13.1. The zero-order valence-electron chi connectivity index (χ0n) is 20.8. The fourth-order valence-corrected chi connectivity index (χ4v) is 6.21. The Morgan fingerprint density at radius 2 is 1.37 bits per heavy atom. The van der Waals surface area contributed by atoms with Crippen LogP contribution in [0.4, 0.5) is 26.3 Å². The standard InChI is InChI=1S/C27H31Cl2F6N3/c28-22-5-4-6-23(29)25(22)24(38-11-7-21(8-12-38)37-9-2-1-3-10-37)17-36-16-18-13-19(26(30,31)32)15-20(14-18)27(33,34)35/h4-6,13-15,21,24,36H,1-3,7-12,16-17H2. The molecule has 2 fully saturated rings. The van der Waals surface area contributed by atoms with E-state index in [0.29, 0.717) is 21.7 Å². The molecule has 210 valence electrons. The molecule has 0 aromatic heterocycles. The number of benzene rings is 2. The summed E-state index contributed by atoms with van der Waals surface area (Å²) in [7, 11) is 0. The molecule has 0 saturated carbocycles. The van der Waals surface area contributed by atoms with E-state index in [4.69, 9.17) is 23.2 Å². The molecule has 4 rings (SSSR count). The molecule has 38 heavy (non-hydrogen) atoms. The predicted octanol–water partition coefficient (Wildman–Crippen LogP) is 7.81. The molecule has 1 unspecified atom stereocenters. The van der Waals surface area contributed by atoms with Gasteiger partial charge in [0.1, 0.15) is 0 Å². The van der Waals surface area contributed by atoms with Gasteiger partial charge in [-0.3, -0.25) is 4.90 Å². The van der Waals surface area contributed by atoms with E-state index in [-0.39, 0.29) is 30.8 Å². The smallest absolute Gasteiger partial charge is 0.311 e. The Balaban J connectivity index is 1.50. The number of hydrogen-bond acceptors (Lipinski definition) is 3. The van der Waals surface area contributed by atoms with E-state index in [1.807, 2.05) is 0 Å². The van der Waals surface area contributed by atoms with Crippen LogP contribution >= 0.6 is 23.2 Å². The van der Waals surface area contributed by atoms with Crippen LogP contribution in [0.1, 0.15) is 60.4 Å². The minimum absolute atomic E-state index is 0.0973. The van der Waals surface area contributed by atoms with E-state index in [1.54, 1.807) is 18.2 Å². The molecule has 0 bridgehead atoms. The largest absolute Gasteiger partial charge is 0.416 e. The van der Waals surface area contributed by atoms with Crippen LogP contribution in [0.25, 0.3) is 0 Å². The van der Waals surface area contributed by atoms with Crippen molar-refractivity contribution in [3.8, 4) is 0 Å². The Kier molecular flexibility index (Phi) is 9.56. The lowest BCUT2D eigenvalue weighted by atomic mass is 9.96. The fraction of sp³-hybridized carbons (Fsp3) is 0.556. The molecular weight excluding hydrogens is 551 g/mol. The Morgan fingerprint density at radius 1 is 0.816 bits per heavy atom. The van der Waals surface area contributed by atoms with Crippen molar-refractivity contribution < 1.29 is 26.3 Å². The van der Waals surface area contributed by atoms with E-state index in [2.05, 4.69) is 15.1 Å². The van der Waals surface area contributed by atoms with E-state index in [0.717, 1.165) is 51.2 Å². The number of nitrogens with one attached hydrogen (secondary N) is 1. The highest BCUT2D eigenvalue weighted by Gasteiger charge is 2.37. The first kappa shape index (κ1) is 29.5. The highest BCUT2D eigenvalue weighted by molar-refractivity contribution is 6.36. The zero-order chi connectivity index (χ0) is 27.5. The van der Waals surface area contributed by atoms with Crippen LogP contribution in [0.2, 0.25) is 10.0 Å². The van der Waals surface area contributed by atoms with Crippen molar-refractivity contribution in [3.63, 3.8) is 0 Å². The van der Waals surface area contributed by atoms with Gasteiger partial charge in [0.2, 0.25) is 0 Å². The topological polar surface area (TPSA) is 18.5 Å². The van der Waals surface area contributed by atoms with Gasteiger partial charge in [-0.15, -0.1) is 0 Å². The van der Waals surface area contributed by atoms with Gasteiger partial charge in [-0.2, -0.15) is 26.3 Å². The van der Waals surface area contributed by atoms with Gasteiger partial charge in [0.25, 0.3) is 0 Å². The third-order valence-electron chi connectivity index (χ3n) is 7.49. The third kappa shape index (κ3) is 7.36. The molecule has 2 aliphatic heterocycles. The molecule has 2 saturated heterocycles. The van der Waals surface area contributed by atoms with Gasteiger partial charge in [0, 0.05) is 47.8 Å². The summed E-state index contributed by atoms with van der Waals surface area (Å²) in [6, 6.07) is 7.08. The second-order valence-corrected chi connectivity index (χ2v) is 10.9. The molecule has 0 aliphatic carbocycles. The molecule has 0 amide bonds. The molecule has 2 aliphatic rings. The van der Waals surface area contributed by atoms with Crippen molar-refractivity contribution in [2.45, 2.75) is 63.1 Å². The number of nitrogens with zero attached hydrogens (tertiary/aromatic N) is 2. The molecule has 0 radical (unpaired) electrons. The van der Waals surface area contributed by atoms with Crippen molar-refractivity contribution in [2.24, 2.45) is 0 Å². The molecule has 2 aromatic rings. The second-order valence-electron chi connectivity index (χ2n) is 10.1. The number of halogens is 8. The van der Waals surface area contributed by atoms with Crippen molar-refractivity contribution in [1.29, 1.82) is 0 Å². The molecule has 1 N–H and O–H groups in total. The Labute approximate surface area is 229 Å².